The van der Waals surface area contributed by atoms with Gasteiger partial charge in [-0.15, -0.1) is 0 Å². The van der Waals surface area contributed by atoms with E-state index in [1.54, 1.807) is 0 Å². The number of aromatic nitrogens is 1. The summed E-state index contributed by atoms with van der Waals surface area (Å²) in [5.41, 5.74) is 1.11. The third-order valence-corrected chi connectivity index (χ3v) is 4.83. The van der Waals surface area contributed by atoms with Crippen LogP contribution in [0.3, 0.4) is 0 Å². The van der Waals surface area contributed by atoms with Gasteiger partial charge >= 0.3 is 0 Å². The van der Waals surface area contributed by atoms with E-state index in [-0.39, 0.29) is 5.91 Å². The number of hydrogen-bond acceptors (Lipinski definition) is 4. The van der Waals surface area contributed by atoms with Crippen LogP contribution in [0.15, 0.2) is 18.3 Å². The molecule has 23 heavy (non-hydrogen) atoms. The average Bonchev–Trinajstić information content (AvgIpc) is 2.62. The Balaban J connectivity index is 1.48. The molecule has 5 heteroatoms. The van der Waals surface area contributed by atoms with Crippen LogP contribution >= 0.6 is 0 Å². The second kappa shape index (κ2) is 8.29. The lowest BCUT2D eigenvalue weighted by molar-refractivity contribution is -0.122. The van der Waals surface area contributed by atoms with Gasteiger partial charge in [0.15, 0.2) is 0 Å². The summed E-state index contributed by atoms with van der Waals surface area (Å²) in [6.07, 6.45) is 8.83. The van der Waals surface area contributed by atoms with Crippen LogP contribution in [0.5, 0.6) is 0 Å². The SMILES string of the molecule is O=C(CC1CCCCC1)NCc1ccnc(N2CCOCC2)c1. The molecular formula is C18H27N3O2. The number of nitrogens with one attached hydrogen (secondary N) is 1. The Hall–Kier alpha value is -1.62. The van der Waals surface area contributed by atoms with Gasteiger partial charge in [-0.05, 0) is 36.5 Å². The number of hydrogen-bond donors (Lipinski definition) is 1. The lowest BCUT2D eigenvalue weighted by atomic mass is 9.87. The summed E-state index contributed by atoms with van der Waals surface area (Å²) >= 11 is 0. The van der Waals surface area contributed by atoms with Gasteiger partial charge in [0.05, 0.1) is 13.2 Å². The van der Waals surface area contributed by atoms with Crippen molar-refractivity contribution in [3.63, 3.8) is 0 Å². The molecule has 2 aliphatic rings. The maximum Gasteiger partial charge on any atom is 0.220 e. The molecule has 0 radical (unpaired) electrons. The number of carbonyl (C=O) groups is 1. The maximum atomic E-state index is 12.1. The Morgan fingerprint density at radius 3 is 2.83 bits per heavy atom. The van der Waals surface area contributed by atoms with Crippen molar-refractivity contribution in [2.75, 3.05) is 31.2 Å². The monoisotopic (exact) mass is 317 g/mol. The van der Waals surface area contributed by atoms with Crippen molar-refractivity contribution in [1.29, 1.82) is 0 Å². The fourth-order valence-corrected chi connectivity index (χ4v) is 3.46. The van der Waals surface area contributed by atoms with Crippen molar-refractivity contribution in [3.05, 3.63) is 23.9 Å². The van der Waals surface area contributed by atoms with Gasteiger partial charge in [-0.3, -0.25) is 4.79 Å². The van der Waals surface area contributed by atoms with Crippen LogP contribution in [0.25, 0.3) is 0 Å². The largest absolute Gasteiger partial charge is 0.378 e. The molecule has 0 bridgehead atoms. The number of ether oxygens (including phenoxy) is 1. The van der Waals surface area contributed by atoms with E-state index in [0.717, 1.165) is 37.7 Å². The molecule has 1 N–H and O–H groups in total. The maximum absolute atomic E-state index is 12.1. The molecule has 1 aromatic rings. The van der Waals surface area contributed by atoms with Gasteiger partial charge in [0.25, 0.3) is 0 Å². The molecule has 126 valence electrons. The van der Waals surface area contributed by atoms with Crippen molar-refractivity contribution >= 4 is 11.7 Å². The zero-order valence-electron chi connectivity index (χ0n) is 13.8. The van der Waals surface area contributed by atoms with E-state index in [0.29, 0.717) is 18.9 Å². The molecule has 0 spiro atoms. The summed E-state index contributed by atoms with van der Waals surface area (Å²) in [6, 6.07) is 4.05. The number of anilines is 1. The Bertz CT molecular complexity index is 509. The standard InChI is InChI=1S/C18H27N3O2/c22-18(13-15-4-2-1-3-5-15)20-14-16-6-7-19-17(12-16)21-8-10-23-11-9-21/h6-7,12,15H,1-5,8-11,13-14H2,(H,20,22). The zero-order valence-corrected chi connectivity index (χ0v) is 13.8. The highest BCUT2D eigenvalue weighted by molar-refractivity contribution is 5.76. The molecule has 1 saturated heterocycles. The van der Waals surface area contributed by atoms with Crippen molar-refractivity contribution in [3.8, 4) is 0 Å². The van der Waals surface area contributed by atoms with Crippen LogP contribution < -0.4 is 10.2 Å². The summed E-state index contributed by atoms with van der Waals surface area (Å²) in [7, 11) is 0. The predicted octanol–water partition coefficient (Wildman–Crippen LogP) is 2.50. The molecule has 5 nitrogen and oxygen atoms in total. The summed E-state index contributed by atoms with van der Waals surface area (Å²) < 4.78 is 5.38. The lowest BCUT2D eigenvalue weighted by Gasteiger charge is -2.28. The second-order valence-electron chi connectivity index (χ2n) is 6.61. The first-order chi connectivity index (χ1) is 11.3. The van der Waals surface area contributed by atoms with Gasteiger partial charge in [0.1, 0.15) is 5.82 Å². The van der Waals surface area contributed by atoms with Gasteiger partial charge < -0.3 is 15.0 Å². The van der Waals surface area contributed by atoms with E-state index < -0.39 is 0 Å². The molecule has 0 atom stereocenters. The fraction of sp³-hybridized carbons (Fsp3) is 0.667. The van der Waals surface area contributed by atoms with Crippen LogP contribution in [-0.4, -0.2) is 37.2 Å². The first-order valence-electron chi connectivity index (χ1n) is 8.85. The minimum absolute atomic E-state index is 0.182. The van der Waals surface area contributed by atoms with Gasteiger partial charge in [0, 0.05) is 32.3 Å². The van der Waals surface area contributed by atoms with E-state index in [9.17, 15) is 4.79 Å². The number of carbonyl (C=O) groups excluding carboxylic acids is 1. The van der Waals surface area contributed by atoms with Crippen LogP contribution in [0.4, 0.5) is 5.82 Å². The number of nitrogens with zero attached hydrogens (tertiary/aromatic N) is 2. The lowest BCUT2D eigenvalue weighted by Crippen LogP contribution is -2.36. The van der Waals surface area contributed by atoms with E-state index in [4.69, 9.17) is 4.74 Å². The van der Waals surface area contributed by atoms with Crippen LogP contribution in [0.1, 0.15) is 44.1 Å². The van der Waals surface area contributed by atoms with Crippen molar-refractivity contribution in [2.45, 2.75) is 45.1 Å². The Kier molecular flexibility index (Phi) is 5.86. The number of pyridine rings is 1. The van der Waals surface area contributed by atoms with Gasteiger partial charge in [-0.25, -0.2) is 4.98 Å². The summed E-state index contributed by atoms with van der Waals surface area (Å²) in [5, 5.41) is 3.07. The van der Waals surface area contributed by atoms with Gasteiger partial charge in [-0.1, -0.05) is 19.3 Å². The Morgan fingerprint density at radius 2 is 2.04 bits per heavy atom. The van der Waals surface area contributed by atoms with Crippen molar-refractivity contribution < 1.29 is 9.53 Å². The molecule has 1 aliphatic heterocycles. The smallest absolute Gasteiger partial charge is 0.220 e. The Morgan fingerprint density at radius 1 is 1.26 bits per heavy atom. The Labute approximate surface area is 138 Å². The molecular weight excluding hydrogens is 290 g/mol. The molecule has 1 saturated carbocycles. The summed E-state index contributed by atoms with van der Waals surface area (Å²) in [5.74, 6) is 1.75. The van der Waals surface area contributed by atoms with E-state index in [2.05, 4.69) is 21.3 Å². The van der Waals surface area contributed by atoms with Crippen LogP contribution in [0.2, 0.25) is 0 Å². The van der Waals surface area contributed by atoms with Gasteiger partial charge in [0.2, 0.25) is 5.91 Å². The first kappa shape index (κ1) is 16.2. The highest BCUT2D eigenvalue weighted by atomic mass is 16.5. The second-order valence-corrected chi connectivity index (χ2v) is 6.61. The van der Waals surface area contributed by atoms with Gasteiger partial charge in [-0.2, -0.15) is 0 Å². The molecule has 1 amide bonds. The predicted molar refractivity (Wildman–Crippen MR) is 90.3 cm³/mol. The molecule has 2 fully saturated rings. The highest BCUT2D eigenvalue weighted by Crippen LogP contribution is 2.26. The number of rotatable bonds is 5. The quantitative estimate of drug-likeness (QED) is 0.906. The highest BCUT2D eigenvalue weighted by Gasteiger charge is 2.17. The summed E-state index contributed by atoms with van der Waals surface area (Å²) in [4.78, 5) is 18.8. The van der Waals surface area contributed by atoms with Crippen LogP contribution in [-0.2, 0) is 16.1 Å². The molecule has 3 rings (SSSR count). The van der Waals surface area contributed by atoms with E-state index in [1.807, 2.05) is 12.3 Å². The average molecular weight is 317 g/mol. The van der Waals surface area contributed by atoms with Crippen molar-refractivity contribution in [2.24, 2.45) is 5.92 Å². The zero-order chi connectivity index (χ0) is 15.9. The van der Waals surface area contributed by atoms with Crippen LogP contribution in [0, 0.1) is 5.92 Å². The first-order valence-corrected chi connectivity index (χ1v) is 8.85. The number of amides is 1. The summed E-state index contributed by atoms with van der Waals surface area (Å²) in [6.45, 7) is 3.86. The van der Waals surface area contributed by atoms with Crippen molar-refractivity contribution in [1.82, 2.24) is 10.3 Å². The minimum Gasteiger partial charge on any atom is -0.378 e. The van der Waals surface area contributed by atoms with E-state index in [1.165, 1.54) is 32.1 Å². The molecule has 1 aliphatic carbocycles. The molecule has 0 aromatic carbocycles. The molecule has 0 unspecified atom stereocenters. The normalized spacial score (nSPS) is 19.6. The minimum atomic E-state index is 0.182. The third kappa shape index (κ3) is 4.93. The topological polar surface area (TPSA) is 54.5 Å². The van der Waals surface area contributed by atoms with E-state index >= 15 is 0 Å². The number of morpholine rings is 1. The molecule has 1 aromatic heterocycles. The third-order valence-electron chi connectivity index (χ3n) is 4.83. The molecule has 2 heterocycles. The fourth-order valence-electron chi connectivity index (χ4n) is 3.46.